The third-order valence-electron chi connectivity index (χ3n) is 2.94. The number of rotatable bonds is 5. The molecule has 22 heavy (non-hydrogen) atoms. The molecule has 0 aliphatic heterocycles. The average molecular weight is 310 g/mol. The maximum absolute atomic E-state index is 5.74. The highest BCUT2D eigenvalue weighted by Crippen LogP contribution is 2.19. The van der Waals surface area contributed by atoms with Crippen LogP contribution in [0.5, 0.6) is 5.75 Å². The van der Waals surface area contributed by atoms with E-state index in [1.165, 1.54) is 0 Å². The molecule has 0 saturated carbocycles. The summed E-state index contributed by atoms with van der Waals surface area (Å²) in [6, 6.07) is 17.7. The van der Waals surface area contributed by atoms with Crippen LogP contribution in [0.15, 0.2) is 60.8 Å². The number of H-pyrrole nitrogens is 1. The van der Waals surface area contributed by atoms with Crippen LogP contribution in [0.1, 0.15) is 5.56 Å². The van der Waals surface area contributed by atoms with Crippen LogP contribution in [0.25, 0.3) is 0 Å². The van der Waals surface area contributed by atoms with Crippen LogP contribution >= 0.6 is 12.2 Å². The lowest BCUT2D eigenvalue weighted by Gasteiger charge is -2.08. The zero-order valence-electron chi connectivity index (χ0n) is 11.7. The number of ether oxygens (including phenoxy) is 1. The van der Waals surface area contributed by atoms with Gasteiger partial charge in [0.2, 0.25) is 4.77 Å². The highest BCUT2D eigenvalue weighted by Gasteiger charge is 1.99. The van der Waals surface area contributed by atoms with E-state index in [0.717, 1.165) is 17.0 Å². The molecule has 6 heteroatoms. The van der Waals surface area contributed by atoms with Crippen LogP contribution in [-0.4, -0.2) is 15.2 Å². The molecule has 3 aromatic rings. The van der Waals surface area contributed by atoms with Crippen LogP contribution in [-0.2, 0) is 6.61 Å². The standard InChI is InChI=1S/C16H14N4OS/c22-16-19-15(10-17-20-16)18-13-6-8-14(9-7-13)21-11-12-4-2-1-3-5-12/h1-10H,11H2,(H2,18,19,20,22). The Bertz CT molecular complexity index is 787. The third kappa shape index (κ3) is 3.89. The Morgan fingerprint density at radius 3 is 2.55 bits per heavy atom. The van der Waals surface area contributed by atoms with Gasteiger partial charge in [-0.05, 0) is 42.0 Å². The number of anilines is 2. The molecule has 110 valence electrons. The fourth-order valence-electron chi connectivity index (χ4n) is 1.90. The monoisotopic (exact) mass is 310 g/mol. The molecular weight excluding hydrogens is 296 g/mol. The first-order valence-corrected chi connectivity index (χ1v) is 7.16. The summed E-state index contributed by atoms with van der Waals surface area (Å²) in [7, 11) is 0. The van der Waals surface area contributed by atoms with Gasteiger partial charge in [0.15, 0.2) is 5.82 Å². The van der Waals surface area contributed by atoms with Gasteiger partial charge in [-0.1, -0.05) is 30.3 Å². The summed E-state index contributed by atoms with van der Waals surface area (Å²) in [5.74, 6) is 1.41. The van der Waals surface area contributed by atoms with Gasteiger partial charge in [-0.3, -0.25) is 5.10 Å². The Morgan fingerprint density at radius 2 is 1.82 bits per heavy atom. The van der Waals surface area contributed by atoms with Gasteiger partial charge in [-0.25, -0.2) is 0 Å². The first-order chi connectivity index (χ1) is 10.8. The second kappa shape index (κ2) is 6.82. The van der Waals surface area contributed by atoms with E-state index in [4.69, 9.17) is 17.0 Å². The topological polar surface area (TPSA) is 62.8 Å². The molecule has 0 radical (unpaired) electrons. The molecule has 3 rings (SSSR count). The van der Waals surface area contributed by atoms with Crippen molar-refractivity contribution in [3.8, 4) is 5.75 Å². The highest BCUT2D eigenvalue weighted by molar-refractivity contribution is 7.71. The molecular formula is C16H14N4OS. The number of nitrogens with one attached hydrogen (secondary N) is 2. The van der Waals surface area contributed by atoms with Crippen LogP contribution in [0.2, 0.25) is 0 Å². The number of nitrogens with zero attached hydrogens (tertiary/aromatic N) is 2. The molecule has 5 nitrogen and oxygen atoms in total. The molecule has 1 aromatic heterocycles. The minimum atomic E-state index is 0.341. The van der Waals surface area contributed by atoms with Gasteiger partial charge in [0.1, 0.15) is 12.4 Å². The molecule has 0 fully saturated rings. The molecule has 0 atom stereocenters. The Hall–Kier alpha value is -2.73. The number of hydrogen-bond acceptors (Lipinski definition) is 5. The fourth-order valence-corrected chi connectivity index (χ4v) is 2.05. The summed E-state index contributed by atoms with van der Waals surface area (Å²) in [4.78, 5) is 4.12. The van der Waals surface area contributed by atoms with E-state index in [0.29, 0.717) is 17.2 Å². The van der Waals surface area contributed by atoms with Crippen molar-refractivity contribution in [2.45, 2.75) is 6.61 Å². The summed E-state index contributed by atoms with van der Waals surface area (Å²) < 4.78 is 6.08. The molecule has 0 unspecified atom stereocenters. The smallest absolute Gasteiger partial charge is 0.215 e. The predicted octanol–water partition coefficient (Wildman–Crippen LogP) is 3.86. The van der Waals surface area contributed by atoms with Gasteiger partial charge >= 0.3 is 0 Å². The lowest BCUT2D eigenvalue weighted by molar-refractivity contribution is 0.306. The van der Waals surface area contributed by atoms with Crippen molar-refractivity contribution in [2.24, 2.45) is 0 Å². The quantitative estimate of drug-likeness (QED) is 0.701. The van der Waals surface area contributed by atoms with E-state index in [1.54, 1.807) is 6.20 Å². The van der Waals surface area contributed by atoms with Gasteiger partial charge in [0, 0.05) is 5.69 Å². The van der Waals surface area contributed by atoms with Crippen molar-refractivity contribution in [3.63, 3.8) is 0 Å². The molecule has 1 heterocycles. The maximum atomic E-state index is 5.74. The zero-order chi connectivity index (χ0) is 15.2. The lowest BCUT2D eigenvalue weighted by atomic mass is 10.2. The largest absolute Gasteiger partial charge is 0.489 e. The highest BCUT2D eigenvalue weighted by atomic mass is 32.1. The summed E-state index contributed by atoms with van der Waals surface area (Å²) in [6.45, 7) is 0.549. The van der Waals surface area contributed by atoms with Gasteiger partial charge in [0.25, 0.3) is 0 Å². The van der Waals surface area contributed by atoms with Crippen LogP contribution in [0.3, 0.4) is 0 Å². The first kappa shape index (κ1) is 14.2. The van der Waals surface area contributed by atoms with Crippen molar-refractivity contribution in [1.82, 2.24) is 15.2 Å². The molecule has 0 bridgehead atoms. The Labute approximate surface area is 133 Å². The maximum Gasteiger partial charge on any atom is 0.215 e. The van der Waals surface area contributed by atoms with E-state index in [1.807, 2.05) is 54.6 Å². The number of aromatic amines is 1. The van der Waals surface area contributed by atoms with Crippen molar-refractivity contribution in [3.05, 3.63) is 71.1 Å². The second-order valence-electron chi connectivity index (χ2n) is 4.60. The number of benzene rings is 2. The summed E-state index contributed by atoms with van der Waals surface area (Å²) in [6.07, 6.45) is 1.58. The van der Waals surface area contributed by atoms with E-state index in [-0.39, 0.29) is 0 Å². The summed E-state index contributed by atoms with van der Waals surface area (Å²) in [5.41, 5.74) is 2.03. The summed E-state index contributed by atoms with van der Waals surface area (Å²) in [5, 5.41) is 9.60. The molecule has 0 saturated heterocycles. The zero-order valence-corrected chi connectivity index (χ0v) is 12.5. The van der Waals surface area contributed by atoms with Crippen molar-refractivity contribution in [2.75, 3.05) is 5.32 Å². The Morgan fingerprint density at radius 1 is 1.05 bits per heavy atom. The minimum Gasteiger partial charge on any atom is -0.489 e. The SMILES string of the molecule is S=c1nc(Nc2ccc(OCc3ccccc3)cc2)cn[nH]1. The van der Waals surface area contributed by atoms with Gasteiger partial charge < -0.3 is 10.1 Å². The van der Waals surface area contributed by atoms with Crippen LogP contribution in [0.4, 0.5) is 11.5 Å². The minimum absolute atomic E-state index is 0.341. The van der Waals surface area contributed by atoms with E-state index in [2.05, 4.69) is 20.5 Å². The van der Waals surface area contributed by atoms with Gasteiger partial charge in [0.05, 0.1) is 6.20 Å². The van der Waals surface area contributed by atoms with Crippen molar-refractivity contribution in [1.29, 1.82) is 0 Å². The Balaban J connectivity index is 1.61. The molecule has 2 N–H and O–H groups in total. The van der Waals surface area contributed by atoms with E-state index in [9.17, 15) is 0 Å². The fraction of sp³-hybridized carbons (Fsp3) is 0.0625. The van der Waals surface area contributed by atoms with Crippen LogP contribution < -0.4 is 10.1 Å². The normalized spacial score (nSPS) is 10.2. The molecule has 0 amide bonds. The van der Waals surface area contributed by atoms with Gasteiger partial charge in [-0.15, -0.1) is 0 Å². The average Bonchev–Trinajstić information content (AvgIpc) is 2.55. The molecule has 0 aliphatic rings. The molecule has 2 aromatic carbocycles. The first-order valence-electron chi connectivity index (χ1n) is 6.75. The second-order valence-corrected chi connectivity index (χ2v) is 4.98. The number of hydrogen-bond donors (Lipinski definition) is 2. The molecule has 0 aliphatic carbocycles. The lowest BCUT2D eigenvalue weighted by Crippen LogP contribution is -1.97. The Kier molecular flexibility index (Phi) is 4.41. The van der Waals surface area contributed by atoms with E-state index < -0.39 is 0 Å². The van der Waals surface area contributed by atoms with Crippen molar-refractivity contribution < 1.29 is 4.74 Å². The van der Waals surface area contributed by atoms with Crippen molar-refractivity contribution >= 4 is 23.7 Å². The third-order valence-corrected chi connectivity index (χ3v) is 3.13. The predicted molar refractivity (Wildman–Crippen MR) is 87.7 cm³/mol. The number of aromatic nitrogens is 3. The van der Waals surface area contributed by atoms with Crippen LogP contribution in [0, 0.1) is 4.77 Å². The molecule has 0 spiro atoms. The van der Waals surface area contributed by atoms with E-state index >= 15 is 0 Å². The summed E-state index contributed by atoms with van der Waals surface area (Å²) >= 11 is 4.93. The van der Waals surface area contributed by atoms with Gasteiger partial charge in [-0.2, -0.15) is 10.1 Å².